The molecule has 0 aliphatic rings. The summed E-state index contributed by atoms with van der Waals surface area (Å²) in [5, 5.41) is 0. The molecule has 2 rings (SSSR count). The zero-order valence-electron chi connectivity index (χ0n) is 28.4. The Morgan fingerprint density at radius 1 is 0.564 bits per heavy atom. The van der Waals surface area contributed by atoms with Crippen molar-refractivity contribution in [3.05, 3.63) is 48.8 Å². The number of rotatable bonds is 10. The molecule has 0 aliphatic heterocycles. The molecule has 0 bridgehead atoms. The van der Waals surface area contributed by atoms with Crippen LogP contribution < -0.4 is 70.0 Å². The molecule has 0 amide bonds. The van der Waals surface area contributed by atoms with Gasteiger partial charge >= 0.3 is 59.1 Å². The molecule has 2 heterocycles. The van der Waals surface area contributed by atoms with Crippen LogP contribution in [-0.2, 0) is 4.74 Å². The molecule has 0 aliphatic carbocycles. The van der Waals surface area contributed by atoms with E-state index < -0.39 is 32.3 Å². The largest absolute Gasteiger partial charge is 1.00 e. The SMILES string of the molecule is CCOCC.C[Si](C)(C)C([P-]c1ccccn1)[Si](C)(C)C.C[Si](C)(C)C([P-]c1ccccn1)[Si](C)(C)C.[Na+].[Na+]. The van der Waals surface area contributed by atoms with Crippen molar-refractivity contribution < 1.29 is 63.9 Å². The first-order chi connectivity index (χ1) is 16.8. The normalized spacial score (nSPS) is 12.5. The molecular formula is C28H56N2Na2OP2Si4. The van der Waals surface area contributed by atoms with Gasteiger partial charge < -0.3 is 21.9 Å². The maximum Gasteiger partial charge on any atom is 1.00 e. The third-order valence-corrected chi connectivity index (χ3v) is 34.9. The molecule has 0 unspecified atom stereocenters. The van der Waals surface area contributed by atoms with Gasteiger partial charge in [0.15, 0.2) is 0 Å². The van der Waals surface area contributed by atoms with Crippen LogP contribution in [0.1, 0.15) is 13.8 Å². The van der Waals surface area contributed by atoms with Gasteiger partial charge in [-0.1, -0.05) is 103 Å². The van der Waals surface area contributed by atoms with Crippen molar-refractivity contribution in [1.29, 1.82) is 0 Å². The molecule has 2 aromatic rings. The van der Waals surface area contributed by atoms with Crippen molar-refractivity contribution in [1.82, 2.24) is 9.97 Å². The van der Waals surface area contributed by atoms with Crippen LogP contribution in [-0.4, -0.2) is 65.3 Å². The molecule has 0 saturated heterocycles. The summed E-state index contributed by atoms with van der Waals surface area (Å²) in [7, 11) is -1.46. The van der Waals surface area contributed by atoms with E-state index in [1.165, 1.54) is 28.0 Å². The average molecular weight is 657 g/mol. The van der Waals surface area contributed by atoms with Gasteiger partial charge in [-0.3, -0.25) is 9.97 Å². The van der Waals surface area contributed by atoms with E-state index in [1.54, 1.807) is 0 Å². The fourth-order valence-electron chi connectivity index (χ4n) is 4.70. The van der Waals surface area contributed by atoms with Gasteiger partial charge in [0.05, 0.1) is 0 Å². The second kappa shape index (κ2) is 21.6. The van der Waals surface area contributed by atoms with Crippen LogP contribution in [0.2, 0.25) is 78.6 Å². The Morgan fingerprint density at radius 2 is 0.846 bits per heavy atom. The van der Waals surface area contributed by atoms with Crippen molar-refractivity contribution in [3.8, 4) is 0 Å². The first kappa shape index (κ1) is 45.4. The smallest absolute Gasteiger partial charge is 0.488 e. The van der Waals surface area contributed by atoms with Gasteiger partial charge in [-0.05, 0) is 26.0 Å². The average Bonchev–Trinajstić information content (AvgIpc) is 2.76. The van der Waals surface area contributed by atoms with Crippen LogP contribution in [0, 0.1) is 0 Å². The van der Waals surface area contributed by atoms with Crippen molar-refractivity contribution in [2.75, 3.05) is 13.2 Å². The second-order valence-corrected chi connectivity index (χ2v) is 40.5. The second-order valence-electron chi connectivity index (χ2n) is 13.7. The van der Waals surface area contributed by atoms with Crippen LogP contribution in [0.4, 0.5) is 0 Å². The molecule has 0 N–H and O–H groups in total. The van der Waals surface area contributed by atoms with E-state index >= 15 is 0 Å². The summed E-state index contributed by atoms with van der Waals surface area (Å²) in [4.78, 5) is 10.7. The molecule has 3 nitrogen and oxygen atoms in total. The number of hydrogen-bond donors (Lipinski definition) is 0. The fourth-order valence-corrected chi connectivity index (χ4v) is 34.4. The fraction of sp³-hybridized carbons (Fsp3) is 0.643. The molecule has 212 valence electrons. The summed E-state index contributed by atoms with van der Waals surface area (Å²) in [6.45, 7) is 35.6. The Kier molecular flexibility index (Phi) is 25.2. The first-order valence-corrected chi connectivity index (χ1v) is 29.9. The maximum absolute atomic E-state index is 4.83. The van der Waals surface area contributed by atoms with Gasteiger partial charge in [0.25, 0.3) is 0 Å². The number of nitrogens with zero attached hydrogens (tertiary/aromatic N) is 2. The van der Waals surface area contributed by atoms with Crippen LogP contribution in [0.3, 0.4) is 0 Å². The van der Waals surface area contributed by atoms with Gasteiger partial charge in [0.1, 0.15) is 0 Å². The van der Waals surface area contributed by atoms with Gasteiger partial charge in [-0.25, -0.2) is 0 Å². The summed E-state index contributed by atoms with van der Waals surface area (Å²) < 4.78 is 4.83. The predicted octanol–water partition coefficient (Wildman–Crippen LogP) is 2.60. The standard InChI is InChI=1S/2C12H23NPSi2.C4H10O.2Na/c2*1-15(2,3)12(16(4,5)6)14-11-9-7-8-10-13-11;1-3-5-4-2;;/h2*7-10,12H,1-6H3;3-4H2,1-2H3;;/q2*-1;;2*+1. The van der Waals surface area contributed by atoms with E-state index in [0.717, 1.165) is 23.0 Å². The summed E-state index contributed by atoms with van der Waals surface area (Å²) in [6.07, 6.45) is 3.82. The Labute approximate surface area is 295 Å². The maximum atomic E-state index is 4.83. The third-order valence-electron chi connectivity index (χ3n) is 5.51. The van der Waals surface area contributed by atoms with Crippen molar-refractivity contribution in [3.63, 3.8) is 0 Å². The van der Waals surface area contributed by atoms with E-state index in [1.807, 2.05) is 38.4 Å². The zero-order valence-corrected chi connectivity index (χ0v) is 38.2. The monoisotopic (exact) mass is 656 g/mol. The first-order valence-electron chi connectivity index (χ1n) is 13.7. The Morgan fingerprint density at radius 3 is 1.00 bits per heavy atom. The molecule has 0 fully saturated rings. The topological polar surface area (TPSA) is 35.0 Å². The minimum atomic E-state index is -1.10. The van der Waals surface area contributed by atoms with E-state index in [2.05, 4.69) is 113 Å². The quantitative estimate of drug-likeness (QED) is 0.292. The molecule has 0 spiro atoms. The molecule has 39 heavy (non-hydrogen) atoms. The summed E-state index contributed by atoms with van der Waals surface area (Å²) >= 11 is 0. The number of ether oxygens (including phenoxy) is 1. The van der Waals surface area contributed by atoms with Gasteiger partial charge in [0, 0.05) is 57.9 Å². The summed E-state index contributed by atoms with van der Waals surface area (Å²) in [5.41, 5.74) is 2.50. The molecule has 0 radical (unpaired) electrons. The van der Waals surface area contributed by atoms with Crippen molar-refractivity contribution >= 4 is 60.3 Å². The predicted molar refractivity (Wildman–Crippen MR) is 185 cm³/mol. The number of hydrogen-bond acceptors (Lipinski definition) is 3. The van der Waals surface area contributed by atoms with Crippen LogP contribution in [0.5, 0.6) is 0 Å². The molecule has 0 saturated carbocycles. The molecule has 2 aromatic heterocycles. The van der Waals surface area contributed by atoms with Gasteiger partial charge in [-0.15, -0.1) is 10.9 Å². The zero-order chi connectivity index (χ0) is 28.9. The van der Waals surface area contributed by atoms with E-state index in [9.17, 15) is 0 Å². The summed E-state index contributed by atoms with van der Waals surface area (Å²) in [5.74, 6) is 0. The molecule has 11 heteroatoms. The minimum absolute atomic E-state index is 0. The summed E-state index contributed by atoms with van der Waals surface area (Å²) in [6, 6.07) is 12.5. The van der Waals surface area contributed by atoms with Crippen LogP contribution in [0.15, 0.2) is 48.8 Å². The van der Waals surface area contributed by atoms with E-state index in [4.69, 9.17) is 4.74 Å². The third kappa shape index (κ3) is 21.4. The van der Waals surface area contributed by atoms with Gasteiger partial charge in [0.2, 0.25) is 0 Å². The minimum Gasteiger partial charge on any atom is -0.488 e. The van der Waals surface area contributed by atoms with Crippen molar-refractivity contribution in [2.24, 2.45) is 0 Å². The number of aromatic nitrogens is 2. The van der Waals surface area contributed by atoms with Crippen LogP contribution in [0.25, 0.3) is 0 Å². The Balaban J connectivity index is -0.000000543. The van der Waals surface area contributed by atoms with Crippen molar-refractivity contribution in [2.45, 2.75) is 102 Å². The number of pyridine rings is 2. The molecule has 0 aromatic carbocycles. The van der Waals surface area contributed by atoms with E-state index in [0.29, 0.717) is 0 Å². The van der Waals surface area contributed by atoms with Gasteiger partial charge in [-0.2, -0.15) is 9.81 Å². The van der Waals surface area contributed by atoms with Crippen LogP contribution >= 0.6 is 17.2 Å². The Bertz CT molecular complexity index is 759. The van der Waals surface area contributed by atoms with E-state index in [-0.39, 0.29) is 59.1 Å². The Hall–Kier alpha value is 1.99. The molecular weight excluding hydrogens is 601 g/mol. The molecule has 0 atom stereocenters.